The number of ether oxygens (including phenoxy) is 3. The number of benzene rings is 1. The lowest BCUT2D eigenvalue weighted by atomic mass is 10.1. The molecule has 1 aliphatic heterocycles. The summed E-state index contributed by atoms with van der Waals surface area (Å²) in [6, 6.07) is 5.27. The van der Waals surface area contributed by atoms with E-state index >= 15 is 0 Å². The predicted octanol–water partition coefficient (Wildman–Crippen LogP) is 1.99. The van der Waals surface area contributed by atoms with Gasteiger partial charge < -0.3 is 24.4 Å². The predicted molar refractivity (Wildman–Crippen MR) is 98.7 cm³/mol. The fourth-order valence-corrected chi connectivity index (χ4v) is 2.87. The number of anilines is 1. The first kappa shape index (κ1) is 20.0. The minimum Gasteiger partial charge on any atom is -0.497 e. The second kappa shape index (κ2) is 9.43. The third-order valence-corrected chi connectivity index (χ3v) is 4.24. The van der Waals surface area contributed by atoms with Crippen LogP contribution in [0.4, 0.5) is 5.69 Å². The van der Waals surface area contributed by atoms with Gasteiger partial charge in [0.1, 0.15) is 11.5 Å². The van der Waals surface area contributed by atoms with Crippen LogP contribution in [-0.2, 0) is 14.3 Å². The van der Waals surface area contributed by atoms with Crippen LogP contribution in [0.25, 0.3) is 0 Å². The Labute approximate surface area is 154 Å². The van der Waals surface area contributed by atoms with Crippen molar-refractivity contribution in [1.82, 2.24) is 5.32 Å². The topological polar surface area (TPSA) is 77.1 Å². The molecule has 1 saturated heterocycles. The van der Waals surface area contributed by atoms with E-state index in [4.69, 9.17) is 14.2 Å². The molecule has 1 aliphatic rings. The summed E-state index contributed by atoms with van der Waals surface area (Å²) in [4.78, 5) is 26.4. The van der Waals surface area contributed by atoms with E-state index in [-0.39, 0.29) is 30.3 Å². The van der Waals surface area contributed by atoms with Gasteiger partial charge in [0.15, 0.2) is 0 Å². The monoisotopic (exact) mass is 364 g/mol. The van der Waals surface area contributed by atoms with Gasteiger partial charge in [0.2, 0.25) is 11.8 Å². The molecule has 1 atom stereocenters. The van der Waals surface area contributed by atoms with E-state index in [1.165, 1.54) is 0 Å². The third-order valence-electron chi connectivity index (χ3n) is 4.24. The average Bonchev–Trinajstić information content (AvgIpc) is 3.02. The number of carbonyl (C=O) groups excluding carboxylic acids is 2. The van der Waals surface area contributed by atoms with Crippen LogP contribution in [0.5, 0.6) is 11.5 Å². The minimum absolute atomic E-state index is 0.0974. The summed E-state index contributed by atoms with van der Waals surface area (Å²) >= 11 is 0. The maximum absolute atomic E-state index is 12.4. The van der Waals surface area contributed by atoms with Crippen molar-refractivity contribution in [2.45, 2.75) is 32.8 Å². The van der Waals surface area contributed by atoms with Gasteiger partial charge in [-0.25, -0.2) is 0 Å². The molecule has 0 unspecified atom stereocenters. The Hall–Kier alpha value is -2.28. The van der Waals surface area contributed by atoms with Crippen LogP contribution < -0.4 is 19.7 Å². The van der Waals surface area contributed by atoms with E-state index < -0.39 is 0 Å². The van der Waals surface area contributed by atoms with Gasteiger partial charge in [0.25, 0.3) is 0 Å². The van der Waals surface area contributed by atoms with Gasteiger partial charge in [-0.15, -0.1) is 0 Å². The average molecular weight is 364 g/mol. The highest BCUT2D eigenvalue weighted by Crippen LogP contribution is 2.36. The first-order chi connectivity index (χ1) is 12.5. The van der Waals surface area contributed by atoms with Gasteiger partial charge >= 0.3 is 0 Å². The van der Waals surface area contributed by atoms with Crippen LogP contribution in [0.15, 0.2) is 18.2 Å². The van der Waals surface area contributed by atoms with Gasteiger partial charge in [0.05, 0.1) is 31.9 Å². The van der Waals surface area contributed by atoms with Gasteiger partial charge in [-0.2, -0.15) is 0 Å². The Morgan fingerprint density at radius 2 is 2.08 bits per heavy atom. The smallest absolute Gasteiger partial charge is 0.227 e. The number of hydrogen-bond acceptors (Lipinski definition) is 5. The lowest BCUT2D eigenvalue weighted by molar-refractivity contribution is -0.126. The second-order valence-electron chi connectivity index (χ2n) is 6.51. The molecular weight excluding hydrogens is 336 g/mol. The zero-order valence-electron chi connectivity index (χ0n) is 15.9. The number of hydrogen-bond donors (Lipinski definition) is 1. The number of methoxy groups -OCH3 is 2. The number of amides is 2. The highest BCUT2D eigenvalue weighted by molar-refractivity contribution is 6.01. The fourth-order valence-electron chi connectivity index (χ4n) is 2.87. The van der Waals surface area contributed by atoms with Crippen molar-refractivity contribution in [1.29, 1.82) is 0 Å². The molecule has 1 heterocycles. The molecule has 0 radical (unpaired) electrons. The molecule has 0 spiro atoms. The first-order valence-corrected chi connectivity index (χ1v) is 8.88. The molecule has 0 bridgehead atoms. The van der Waals surface area contributed by atoms with E-state index in [1.54, 1.807) is 37.3 Å². The van der Waals surface area contributed by atoms with Crippen molar-refractivity contribution < 1.29 is 23.8 Å². The van der Waals surface area contributed by atoms with Gasteiger partial charge in [-0.1, -0.05) is 0 Å². The van der Waals surface area contributed by atoms with E-state index in [9.17, 15) is 9.59 Å². The van der Waals surface area contributed by atoms with Crippen molar-refractivity contribution >= 4 is 17.5 Å². The van der Waals surface area contributed by atoms with Crippen LogP contribution >= 0.6 is 0 Å². The molecular formula is C19H28N2O5. The Bertz CT molecular complexity index is 632. The normalized spacial score (nSPS) is 16.9. The Morgan fingerprint density at radius 3 is 2.73 bits per heavy atom. The molecule has 0 aliphatic carbocycles. The zero-order chi connectivity index (χ0) is 19.1. The van der Waals surface area contributed by atoms with Gasteiger partial charge in [-0.05, 0) is 32.4 Å². The van der Waals surface area contributed by atoms with Crippen LogP contribution in [0.1, 0.15) is 26.7 Å². The Balaban J connectivity index is 1.95. The highest BCUT2D eigenvalue weighted by Gasteiger charge is 2.36. The SMILES string of the molecule is COc1ccc(OC)c(N2C[C@@H](C(=O)NCCCOC(C)C)CC2=O)c1. The summed E-state index contributed by atoms with van der Waals surface area (Å²) < 4.78 is 16.0. The fraction of sp³-hybridized carbons (Fsp3) is 0.579. The molecule has 26 heavy (non-hydrogen) atoms. The molecule has 1 fully saturated rings. The number of nitrogens with zero attached hydrogens (tertiary/aromatic N) is 1. The summed E-state index contributed by atoms with van der Waals surface area (Å²) in [5.74, 6) is 0.634. The number of carbonyl (C=O) groups is 2. The largest absolute Gasteiger partial charge is 0.497 e. The lowest BCUT2D eigenvalue weighted by Gasteiger charge is -2.20. The van der Waals surface area contributed by atoms with Crippen molar-refractivity contribution in [3.63, 3.8) is 0 Å². The maximum Gasteiger partial charge on any atom is 0.227 e. The quantitative estimate of drug-likeness (QED) is 0.678. The standard InChI is InChI=1S/C19H28N2O5/c1-13(2)26-9-5-8-20-19(23)14-10-18(22)21(12-14)16-11-15(24-3)6-7-17(16)25-4/h6-7,11,13-14H,5,8-10,12H2,1-4H3,(H,20,23)/t14-/m0/s1. The third kappa shape index (κ3) is 5.11. The number of rotatable bonds is 9. The summed E-state index contributed by atoms with van der Waals surface area (Å²) in [5, 5.41) is 2.89. The van der Waals surface area contributed by atoms with E-state index in [0.29, 0.717) is 36.9 Å². The zero-order valence-corrected chi connectivity index (χ0v) is 15.9. The molecule has 1 aromatic rings. The van der Waals surface area contributed by atoms with Crippen LogP contribution in [0.3, 0.4) is 0 Å². The van der Waals surface area contributed by atoms with Crippen molar-refractivity contribution in [3.8, 4) is 11.5 Å². The molecule has 2 amide bonds. The number of nitrogens with one attached hydrogen (secondary N) is 1. The van der Waals surface area contributed by atoms with Crippen molar-refractivity contribution in [3.05, 3.63) is 18.2 Å². The molecule has 1 N–H and O–H groups in total. The summed E-state index contributed by atoms with van der Waals surface area (Å²) in [7, 11) is 3.12. The van der Waals surface area contributed by atoms with Crippen LogP contribution in [0.2, 0.25) is 0 Å². The van der Waals surface area contributed by atoms with Crippen molar-refractivity contribution in [2.24, 2.45) is 5.92 Å². The second-order valence-corrected chi connectivity index (χ2v) is 6.51. The summed E-state index contributed by atoms with van der Waals surface area (Å²) in [5.41, 5.74) is 0.623. The van der Waals surface area contributed by atoms with E-state index in [1.807, 2.05) is 13.8 Å². The van der Waals surface area contributed by atoms with Crippen LogP contribution in [-0.4, -0.2) is 51.8 Å². The van der Waals surface area contributed by atoms with Crippen molar-refractivity contribution in [2.75, 3.05) is 38.8 Å². The lowest BCUT2D eigenvalue weighted by Crippen LogP contribution is -2.34. The van der Waals surface area contributed by atoms with Gasteiger partial charge in [-0.3, -0.25) is 9.59 Å². The Morgan fingerprint density at radius 1 is 1.31 bits per heavy atom. The Kier molecular flexibility index (Phi) is 7.26. The molecule has 1 aromatic carbocycles. The van der Waals surface area contributed by atoms with Gasteiger partial charge in [0, 0.05) is 32.2 Å². The van der Waals surface area contributed by atoms with E-state index in [2.05, 4.69) is 5.32 Å². The highest BCUT2D eigenvalue weighted by atomic mass is 16.5. The van der Waals surface area contributed by atoms with Crippen LogP contribution in [0, 0.1) is 5.92 Å². The summed E-state index contributed by atoms with van der Waals surface area (Å²) in [6.45, 7) is 5.43. The first-order valence-electron chi connectivity index (χ1n) is 8.88. The molecule has 7 heteroatoms. The molecule has 0 aromatic heterocycles. The molecule has 144 valence electrons. The minimum atomic E-state index is -0.371. The molecule has 2 rings (SSSR count). The molecule has 0 saturated carbocycles. The summed E-state index contributed by atoms with van der Waals surface area (Å²) in [6.07, 6.45) is 1.12. The maximum atomic E-state index is 12.4. The van der Waals surface area contributed by atoms with E-state index in [0.717, 1.165) is 6.42 Å². The molecule has 7 nitrogen and oxygen atoms in total.